The van der Waals surface area contributed by atoms with Crippen LogP contribution in [0.2, 0.25) is 0 Å². The second-order valence-electron chi connectivity index (χ2n) is 5.87. The van der Waals surface area contributed by atoms with Crippen LogP contribution in [-0.2, 0) is 11.3 Å². The first-order chi connectivity index (χ1) is 9.08. The molecule has 0 spiro atoms. The SMILES string of the molecule is Cc1cc(C(=O)O)cn1CC(C)NC(=O)OC(C)(C)C. The quantitative estimate of drug-likeness (QED) is 0.888. The van der Waals surface area contributed by atoms with E-state index in [0.717, 1.165) is 5.69 Å². The zero-order valence-corrected chi connectivity index (χ0v) is 12.6. The number of amides is 1. The lowest BCUT2D eigenvalue weighted by atomic mass is 10.2. The van der Waals surface area contributed by atoms with Crippen LogP contribution in [0.15, 0.2) is 12.3 Å². The number of carbonyl (C=O) groups excluding carboxylic acids is 1. The number of nitrogens with zero attached hydrogens (tertiary/aromatic N) is 1. The Morgan fingerprint density at radius 1 is 1.45 bits per heavy atom. The summed E-state index contributed by atoms with van der Waals surface area (Å²) < 4.78 is 6.96. The molecule has 1 aromatic rings. The lowest BCUT2D eigenvalue weighted by Crippen LogP contribution is -2.39. The Hall–Kier alpha value is -1.98. The molecule has 0 aliphatic heterocycles. The minimum absolute atomic E-state index is 0.169. The van der Waals surface area contributed by atoms with Gasteiger partial charge in [0.15, 0.2) is 0 Å². The highest BCUT2D eigenvalue weighted by Crippen LogP contribution is 2.10. The zero-order valence-electron chi connectivity index (χ0n) is 12.6. The van der Waals surface area contributed by atoms with E-state index in [2.05, 4.69) is 5.32 Å². The molecule has 6 heteroatoms. The number of aromatic nitrogens is 1. The molecule has 2 N–H and O–H groups in total. The average Bonchev–Trinajstić information content (AvgIpc) is 2.57. The predicted octanol–water partition coefficient (Wildman–Crippen LogP) is 2.41. The summed E-state index contributed by atoms with van der Waals surface area (Å²) in [4.78, 5) is 22.5. The van der Waals surface area contributed by atoms with Crippen molar-refractivity contribution >= 4 is 12.1 Å². The Morgan fingerprint density at radius 2 is 2.05 bits per heavy atom. The number of carbonyl (C=O) groups is 2. The number of aryl methyl sites for hydroxylation is 1. The van der Waals surface area contributed by atoms with E-state index in [0.29, 0.717) is 6.54 Å². The Balaban J connectivity index is 2.60. The highest BCUT2D eigenvalue weighted by Gasteiger charge is 2.18. The largest absolute Gasteiger partial charge is 0.478 e. The number of nitrogens with one attached hydrogen (secondary N) is 1. The topological polar surface area (TPSA) is 80.6 Å². The minimum Gasteiger partial charge on any atom is -0.478 e. The number of alkyl carbamates (subject to hydrolysis) is 1. The van der Waals surface area contributed by atoms with Crippen molar-refractivity contribution in [1.29, 1.82) is 0 Å². The van der Waals surface area contributed by atoms with Gasteiger partial charge in [-0.05, 0) is 40.7 Å². The van der Waals surface area contributed by atoms with Crippen molar-refractivity contribution in [3.8, 4) is 0 Å². The monoisotopic (exact) mass is 282 g/mol. The fourth-order valence-corrected chi connectivity index (χ4v) is 1.78. The van der Waals surface area contributed by atoms with Crippen LogP contribution in [-0.4, -0.2) is 33.4 Å². The molecule has 6 nitrogen and oxygen atoms in total. The smallest absolute Gasteiger partial charge is 0.407 e. The molecule has 1 rings (SSSR count). The number of ether oxygens (including phenoxy) is 1. The average molecular weight is 282 g/mol. The summed E-state index contributed by atoms with van der Waals surface area (Å²) in [7, 11) is 0. The van der Waals surface area contributed by atoms with Gasteiger partial charge in [-0.15, -0.1) is 0 Å². The second-order valence-corrected chi connectivity index (χ2v) is 5.87. The molecule has 0 saturated carbocycles. The third-order valence-electron chi connectivity index (χ3n) is 2.59. The van der Waals surface area contributed by atoms with Crippen molar-refractivity contribution in [3.05, 3.63) is 23.5 Å². The molecule has 1 atom stereocenters. The number of carboxylic acid groups (broad SMARTS) is 1. The van der Waals surface area contributed by atoms with Crippen LogP contribution in [0.5, 0.6) is 0 Å². The summed E-state index contributed by atoms with van der Waals surface area (Å²) in [6.07, 6.45) is 1.08. The fraction of sp³-hybridized carbons (Fsp3) is 0.571. The molecule has 1 amide bonds. The molecule has 1 unspecified atom stereocenters. The Labute approximate surface area is 118 Å². The lowest BCUT2D eigenvalue weighted by Gasteiger charge is -2.22. The van der Waals surface area contributed by atoms with Crippen LogP contribution in [0.25, 0.3) is 0 Å². The maximum absolute atomic E-state index is 11.6. The molecular weight excluding hydrogens is 260 g/mol. The van der Waals surface area contributed by atoms with Gasteiger partial charge in [-0.3, -0.25) is 0 Å². The van der Waals surface area contributed by atoms with Crippen LogP contribution in [0.3, 0.4) is 0 Å². The molecule has 0 saturated heterocycles. The third-order valence-corrected chi connectivity index (χ3v) is 2.59. The maximum atomic E-state index is 11.6. The van der Waals surface area contributed by atoms with Crippen molar-refractivity contribution in [2.75, 3.05) is 0 Å². The van der Waals surface area contributed by atoms with E-state index in [-0.39, 0.29) is 11.6 Å². The van der Waals surface area contributed by atoms with Gasteiger partial charge in [0.2, 0.25) is 0 Å². The van der Waals surface area contributed by atoms with E-state index >= 15 is 0 Å². The molecule has 1 heterocycles. The Morgan fingerprint density at radius 3 is 2.50 bits per heavy atom. The minimum atomic E-state index is -0.959. The summed E-state index contributed by atoms with van der Waals surface area (Å²) >= 11 is 0. The first-order valence-corrected chi connectivity index (χ1v) is 6.48. The summed E-state index contributed by atoms with van der Waals surface area (Å²) in [6, 6.07) is 1.43. The van der Waals surface area contributed by atoms with Gasteiger partial charge >= 0.3 is 12.1 Å². The first-order valence-electron chi connectivity index (χ1n) is 6.48. The lowest BCUT2D eigenvalue weighted by molar-refractivity contribution is 0.0503. The van der Waals surface area contributed by atoms with Crippen LogP contribution >= 0.6 is 0 Å². The molecule has 0 aliphatic rings. The number of hydrogen-bond donors (Lipinski definition) is 2. The van der Waals surface area contributed by atoms with Gasteiger partial charge in [0, 0.05) is 24.5 Å². The van der Waals surface area contributed by atoms with Gasteiger partial charge in [-0.25, -0.2) is 9.59 Å². The standard InChI is InChI=1S/C14H22N2O4/c1-9(15-13(19)20-14(3,4)5)7-16-8-11(12(17)18)6-10(16)2/h6,8-9H,7H2,1-5H3,(H,15,19)(H,17,18). The molecule has 0 aliphatic carbocycles. The highest BCUT2D eigenvalue weighted by molar-refractivity contribution is 5.87. The molecule has 1 aromatic heterocycles. The predicted molar refractivity (Wildman–Crippen MR) is 75.0 cm³/mol. The van der Waals surface area contributed by atoms with Gasteiger partial charge < -0.3 is 19.7 Å². The van der Waals surface area contributed by atoms with Crippen molar-refractivity contribution in [2.45, 2.75) is 52.8 Å². The van der Waals surface area contributed by atoms with Crippen molar-refractivity contribution in [1.82, 2.24) is 9.88 Å². The van der Waals surface area contributed by atoms with Gasteiger partial charge in [0.1, 0.15) is 5.60 Å². The van der Waals surface area contributed by atoms with E-state index in [4.69, 9.17) is 9.84 Å². The normalized spacial score (nSPS) is 12.8. The van der Waals surface area contributed by atoms with Crippen LogP contribution < -0.4 is 5.32 Å². The summed E-state index contributed by atoms with van der Waals surface area (Å²) in [5.74, 6) is -0.959. The number of aromatic carboxylic acids is 1. The van der Waals surface area contributed by atoms with E-state index < -0.39 is 17.7 Å². The van der Waals surface area contributed by atoms with Crippen LogP contribution in [0.1, 0.15) is 43.7 Å². The maximum Gasteiger partial charge on any atom is 0.407 e. The van der Waals surface area contributed by atoms with Gasteiger partial charge in [-0.2, -0.15) is 0 Å². The number of rotatable bonds is 4. The highest BCUT2D eigenvalue weighted by atomic mass is 16.6. The van der Waals surface area contributed by atoms with Crippen LogP contribution in [0, 0.1) is 6.92 Å². The first kappa shape index (κ1) is 16.1. The Kier molecular flexibility index (Phi) is 4.81. The molecule has 0 fully saturated rings. The molecular formula is C14H22N2O4. The van der Waals surface area contributed by atoms with Crippen LogP contribution in [0.4, 0.5) is 4.79 Å². The molecule has 112 valence electrons. The van der Waals surface area contributed by atoms with E-state index in [1.165, 1.54) is 0 Å². The van der Waals surface area contributed by atoms with Crippen molar-refractivity contribution in [2.24, 2.45) is 0 Å². The van der Waals surface area contributed by atoms with E-state index in [1.54, 1.807) is 37.6 Å². The number of carboxylic acids is 1. The summed E-state index contributed by atoms with van der Waals surface area (Å²) in [5, 5.41) is 11.6. The van der Waals surface area contributed by atoms with Crippen molar-refractivity contribution in [3.63, 3.8) is 0 Å². The number of hydrogen-bond acceptors (Lipinski definition) is 3. The molecule has 0 aromatic carbocycles. The van der Waals surface area contributed by atoms with E-state index in [9.17, 15) is 9.59 Å². The molecule has 0 radical (unpaired) electrons. The van der Waals surface area contributed by atoms with Gasteiger partial charge in [0.25, 0.3) is 0 Å². The summed E-state index contributed by atoms with van der Waals surface area (Å²) in [5.41, 5.74) is 0.538. The summed E-state index contributed by atoms with van der Waals surface area (Å²) in [6.45, 7) is 9.54. The third kappa shape index (κ3) is 4.95. The van der Waals surface area contributed by atoms with Crippen molar-refractivity contribution < 1.29 is 19.4 Å². The Bertz CT molecular complexity index is 500. The fourth-order valence-electron chi connectivity index (χ4n) is 1.78. The van der Waals surface area contributed by atoms with Gasteiger partial charge in [-0.1, -0.05) is 0 Å². The van der Waals surface area contributed by atoms with Gasteiger partial charge in [0.05, 0.1) is 5.56 Å². The second kappa shape index (κ2) is 5.98. The molecule has 0 bridgehead atoms. The zero-order chi connectivity index (χ0) is 15.5. The van der Waals surface area contributed by atoms with E-state index in [1.807, 2.05) is 13.8 Å². The molecule has 20 heavy (non-hydrogen) atoms.